The molecule has 1 aliphatic heterocycles. The third-order valence-corrected chi connectivity index (χ3v) is 3.88. The van der Waals surface area contributed by atoms with Crippen LogP contribution in [0.25, 0.3) is 0 Å². The second-order valence-corrected chi connectivity index (χ2v) is 5.44. The van der Waals surface area contributed by atoms with Gasteiger partial charge in [-0.1, -0.05) is 29.8 Å². The van der Waals surface area contributed by atoms with E-state index >= 15 is 0 Å². The average Bonchev–Trinajstić information content (AvgIpc) is 2.40. The molecule has 3 heteroatoms. The lowest BCUT2D eigenvalue weighted by Gasteiger charge is -2.32. The standard InChI is InChI=1S/C16H17ClN2/c17-13-5-1-4-12(10-13)11-19-9-3-6-14-15(18)7-2-8-16(14)19/h1-2,4-5,7-8,10H,3,6,9,11,18H2. The monoisotopic (exact) mass is 272 g/mol. The van der Waals surface area contributed by atoms with Crippen LogP contribution in [0.2, 0.25) is 5.02 Å². The highest BCUT2D eigenvalue weighted by Gasteiger charge is 2.18. The molecule has 2 nitrogen and oxygen atoms in total. The van der Waals surface area contributed by atoms with Crippen molar-refractivity contribution in [1.29, 1.82) is 0 Å². The van der Waals surface area contributed by atoms with Gasteiger partial charge in [0.25, 0.3) is 0 Å². The summed E-state index contributed by atoms with van der Waals surface area (Å²) in [5.74, 6) is 0. The van der Waals surface area contributed by atoms with Gasteiger partial charge in [0.15, 0.2) is 0 Å². The van der Waals surface area contributed by atoms with Gasteiger partial charge in [-0.15, -0.1) is 0 Å². The SMILES string of the molecule is Nc1cccc2c1CCCN2Cc1cccc(Cl)c1. The normalized spacial score (nSPS) is 14.3. The molecule has 98 valence electrons. The smallest absolute Gasteiger partial charge is 0.0430 e. The van der Waals surface area contributed by atoms with Gasteiger partial charge < -0.3 is 10.6 Å². The molecule has 0 spiro atoms. The van der Waals surface area contributed by atoms with Gasteiger partial charge >= 0.3 is 0 Å². The molecule has 1 aliphatic rings. The van der Waals surface area contributed by atoms with Gasteiger partial charge in [0.05, 0.1) is 0 Å². The molecule has 2 aromatic carbocycles. The zero-order valence-electron chi connectivity index (χ0n) is 10.8. The van der Waals surface area contributed by atoms with Crippen LogP contribution in [0.1, 0.15) is 17.5 Å². The number of nitrogens with two attached hydrogens (primary N) is 1. The first-order valence-electron chi connectivity index (χ1n) is 6.61. The van der Waals surface area contributed by atoms with Gasteiger partial charge in [0.1, 0.15) is 0 Å². The summed E-state index contributed by atoms with van der Waals surface area (Å²) < 4.78 is 0. The molecular weight excluding hydrogens is 256 g/mol. The topological polar surface area (TPSA) is 29.3 Å². The summed E-state index contributed by atoms with van der Waals surface area (Å²) in [7, 11) is 0. The maximum Gasteiger partial charge on any atom is 0.0430 e. The molecule has 19 heavy (non-hydrogen) atoms. The lowest BCUT2D eigenvalue weighted by molar-refractivity contribution is 0.692. The highest BCUT2D eigenvalue weighted by Crippen LogP contribution is 2.32. The summed E-state index contributed by atoms with van der Waals surface area (Å²) in [6.45, 7) is 1.96. The van der Waals surface area contributed by atoms with Crippen molar-refractivity contribution in [2.24, 2.45) is 0 Å². The van der Waals surface area contributed by atoms with Crippen molar-refractivity contribution in [1.82, 2.24) is 0 Å². The number of benzene rings is 2. The van der Waals surface area contributed by atoms with Crippen LogP contribution in [0.5, 0.6) is 0 Å². The Morgan fingerprint density at radius 1 is 1.16 bits per heavy atom. The first-order valence-corrected chi connectivity index (χ1v) is 6.98. The van der Waals surface area contributed by atoms with Crippen LogP contribution in [0.15, 0.2) is 42.5 Å². The van der Waals surface area contributed by atoms with Crippen LogP contribution in [-0.2, 0) is 13.0 Å². The van der Waals surface area contributed by atoms with E-state index in [4.69, 9.17) is 17.3 Å². The molecule has 0 unspecified atom stereocenters. The molecule has 2 aromatic rings. The molecule has 0 fully saturated rings. The molecule has 0 saturated carbocycles. The summed E-state index contributed by atoms with van der Waals surface area (Å²) in [5, 5.41) is 0.794. The minimum absolute atomic E-state index is 0.794. The number of fused-ring (bicyclic) bond motifs is 1. The number of anilines is 2. The molecule has 0 radical (unpaired) electrons. The fourth-order valence-corrected chi connectivity index (χ4v) is 2.96. The number of nitrogens with zero attached hydrogens (tertiary/aromatic N) is 1. The number of nitrogen functional groups attached to an aromatic ring is 1. The second-order valence-electron chi connectivity index (χ2n) is 5.00. The summed E-state index contributed by atoms with van der Waals surface area (Å²) in [6, 6.07) is 14.2. The van der Waals surface area contributed by atoms with Gasteiger partial charge in [-0.2, -0.15) is 0 Å². The predicted molar refractivity (Wildman–Crippen MR) is 81.7 cm³/mol. The molecule has 0 bridgehead atoms. The minimum Gasteiger partial charge on any atom is -0.398 e. The van der Waals surface area contributed by atoms with Gasteiger partial charge in [-0.3, -0.25) is 0 Å². The highest BCUT2D eigenvalue weighted by atomic mass is 35.5. The Balaban J connectivity index is 1.90. The van der Waals surface area contributed by atoms with Crippen LogP contribution in [0, 0.1) is 0 Å². The second kappa shape index (κ2) is 5.14. The highest BCUT2D eigenvalue weighted by molar-refractivity contribution is 6.30. The maximum atomic E-state index is 6.07. The zero-order valence-corrected chi connectivity index (χ0v) is 11.5. The molecule has 1 heterocycles. The Hall–Kier alpha value is -1.67. The quantitative estimate of drug-likeness (QED) is 0.841. The van der Waals surface area contributed by atoms with Crippen molar-refractivity contribution in [3.05, 3.63) is 58.6 Å². The Labute approximate surface area is 118 Å². The van der Waals surface area contributed by atoms with Gasteiger partial charge in [-0.25, -0.2) is 0 Å². The number of hydrogen-bond acceptors (Lipinski definition) is 2. The molecule has 2 N–H and O–H groups in total. The van der Waals surface area contributed by atoms with Crippen molar-refractivity contribution in [2.45, 2.75) is 19.4 Å². The first kappa shape index (κ1) is 12.4. The summed E-state index contributed by atoms with van der Waals surface area (Å²) in [4.78, 5) is 2.39. The fraction of sp³-hybridized carbons (Fsp3) is 0.250. The van der Waals surface area contributed by atoms with Gasteiger partial charge in [-0.05, 0) is 48.2 Å². The van der Waals surface area contributed by atoms with Crippen molar-refractivity contribution in [3.63, 3.8) is 0 Å². The molecule has 0 aromatic heterocycles. The molecule has 0 saturated heterocycles. The fourth-order valence-electron chi connectivity index (χ4n) is 2.75. The van der Waals surface area contributed by atoms with Gasteiger partial charge in [0, 0.05) is 29.5 Å². The number of halogens is 1. The van der Waals surface area contributed by atoms with E-state index in [0.717, 1.165) is 36.6 Å². The molecular formula is C16H17ClN2. The Kier molecular flexibility index (Phi) is 3.34. The zero-order chi connectivity index (χ0) is 13.2. The van der Waals surface area contributed by atoms with Crippen LogP contribution < -0.4 is 10.6 Å². The summed E-state index contributed by atoms with van der Waals surface area (Å²) in [5.41, 5.74) is 10.8. The van der Waals surface area contributed by atoms with Crippen molar-refractivity contribution in [3.8, 4) is 0 Å². The lowest BCUT2D eigenvalue weighted by Crippen LogP contribution is -2.29. The van der Waals surface area contributed by atoms with E-state index in [1.807, 2.05) is 30.3 Å². The summed E-state index contributed by atoms with van der Waals surface area (Å²) >= 11 is 6.05. The number of hydrogen-bond donors (Lipinski definition) is 1. The summed E-state index contributed by atoms with van der Waals surface area (Å²) in [6.07, 6.45) is 2.23. The Morgan fingerprint density at radius 2 is 2.00 bits per heavy atom. The van der Waals surface area contributed by atoms with E-state index in [2.05, 4.69) is 17.0 Å². The molecule has 0 amide bonds. The van der Waals surface area contributed by atoms with E-state index < -0.39 is 0 Å². The van der Waals surface area contributed by atoms with Crippen LogP contribution >= 0.6 is 11.6 Å². The average molecular weight is 273 g/mol. The number of rotatable bonds is 2. The van der Waals surface area contributed by atoms with Crippen LogP contribution in [-0.4, -0.2) is 6.54 Å². The minimum atomic E-state index is 0.794. The van der Waals surface area contributed by atoms with Crippen molar-refractivity contribution < 1.29 is 0 Å². The Bertz CT molecular complexity index is 595. The molecule has 0 atom stereocenters. The lowest BCUT2D eigenvalue weighted by atomic mass is 9.99. The first-order chi connectivity index (χ1) is 9.24. The van der Waals surface area contributed by atoms with E-state index in [1.54, 1.807) is 0 Å². The van der Waals surface area contributed by atoms with E-state index in [-0.39, 0.29) is 0 Å². The van der Waals surface area contributed by atoms with Crippen molar-refractivity contribution in [2.75, 3.05) is 17.2 Å². The van der Waals surface area contributed by atoms with Crippen LogP contribution in [0.3, 0.4) is 0 Å². The largest absolute Gasteiger partial charge is 0.398 e. The van der Waals surface area contributed by atoms with Crippen molar-refractivity contribution >= 4 is 23.0 Å². The third-order valence-electron chi connectivity index (χ3n) is 3.65. The van der Waals surface area contributed by atoms with Gasteiger partial charge in [0.2, 0.25) is 0 Å². The maximum absolute atomic E-state index is 6.07. The Morgan fingerprint density at radius 3 is 2.84 bits per heavy atom. The third kappa shape index (κ3) is 2.54. The molecule has 3 rings (SSSR count). The predicted octanol–water partition coefficient (Wildman–Crippen LogP) is 3.88. The van der Waals surface area contributed by atoms with E-state index in [9.17, 15) is 0 Å². The van der Waals surface area contributed by atoms with Crippen LogP contribution in [0.4, 0.5) is 11.4 Å². The van der Waals surface area contributed by atoms with E-state index in [0.29, 0.717) is 0 Å². The van der Waals surface area contributed by atoms with E-state index in [1.165, 1.54) is 16.8 Å². The molecule has 0 aliphatic carbocycles.